The largest absolute Gasteiger partial charge is 0.508 e. The highest BCUT2D eigenvalue weighted by molar-refractivity contribution is 5.81. The summed E-state index contributed by atoms with van der Waals surface area (Å²) in [6, 6.07) is 14.4. The molecule has 0 radical (unpaired) electrons. The number of benzene rings is 2. The van der Waals surface area contributed by atoms with Gasteiger partial charge in [-0.05, 0) is 76.1 Å². The Labute approximate surface area is 214 Å². The summed E-state index contributed by atoms with van der Waals surface area (Å²) < 4.78 is 15.5. The zero-order chi connectivity index (χ0) is 27.2. The number of phenols is 1. The van der Waals surface area contributed by atoms with Gasteiger partial charge in [0.25, 0.3) is 0 Å². The average Bonchev–Trinajstić information content (AvgIpc) is 2.81. The highest BCUT2D eigenvalue weighted by Gasteiger charge is 2.18. The van der Waals surface area contributed by atoms with Gasteiger partial charge in [0.2, 0.25) is 0 Å². The minimum atomic E-state index is -0.706. The molecule has 0 saturated carbocycles. The molecule has 192 valence electrons. The van der Waals surface area contributed by atoms with Crippen LogP contribution in [-0.2, 0) is 19.1 Å². The summed E-state index contributed by atoms with van der Waals surface area (Å²) in [4.78, 5) is 22.2. The number of ether oxygens (including phenoxy) is 3. The quantitative estimate of drug-likeness (QED) is 0.186. The summed E-state index contributed by atoms with van der Waals surface area (Å²) in [5.41, 5.74) is 0.911. The smallest absolute Gasteiger partial charge is 0.345 e. The van der Waals surface area contributed by atoms with Crippen molar-refractivity contribution in [3.63, 3.8) is 0 Å². The molecule has 0 fully saturated rings. The van der Waals surface area contributed by atoms with Gasteiger partial charge in [0.15, 0.2) is 6.61 Å². The molecule has 0 heterocycles. The third kappa shape index (κ3) is 13.6. The molecule has 0 bridgehead atoms. The van der Waals surface area contributed by atoms with Gasteiger partial charge in [-0.3, -0.25) is 0 Å². The van der Waals surface area contributed by atoms with Crippen molar-refractivity contribution in [1.82, 2.24) is 0 Å². The number of esters is 2. The van der Waals surface area contributed by atoms with Crippen LogP contribution in [0, 0.1) is 0 Å². The first-order valence-corrected chi connectivity index (χ1v) is 11.4. The lowest BCUT2D eigenvalue weighted by molar-refractivity contribution is -0.155. The summed E-state index contributed by atoms with van der Waals surface area (Å²) in [7, 11) is 0. The highest BCUT2D eigenvalue weighted by Crippen LogP contribution is 2.15. The van der Waals surface area contributed by atoms with E-state index >= 15 is 0 Å². The third-order valence-corrected chi connectivity index (χ3v) is 4.26. The second kappa shape index (κ2) is 14.4. The number of allylic oxidation sites excluding steroid dienone is 2. The lowest BCUT2D eigenvalue weighted by Gasteiger charge is -2.20. The van der Waals surface area contributed by atoms with Gasteiger partial charge in [0.05, 0.1) is 0 Å². The SMILES string of the molecule is C=CC(=O)OC(C)(C)C.C=CC(C)(C)OC(=O)COc1ccc(C=CC=Cc2ccc(O)cc2)cc1. The standard InChI is InChI=1S/C23H24O4.C7H12O2/c1-4-23(2,3)27-22(25)17-26-21-15-11-19(12-16-21)8-6-5-7-18-9-13-20(24)14-10-18;1-5-6(8)9-7(2,3)4/h4-16,24H,1,17H2,2-3H3;5H,1H2,2-4H3. The van der Waals surface area contributed by atoms with E-state index in [4.69, 9.17) is 14.2 Å². The van der Waals surface area contributed by atoms with Crippen LogP contribution in [0.3, 0.4) is 0 Å². The molecular weight excluding hydrogens is 456 g/mol. The van der Waals surface area contributed by atoms with E-state index in [1.807, 2.05) is 69.3 Å². The first-order chi connectivity index (χ1) is 16.8. The topological polar surface area (TPSA) is 82.1 Å². The van der Waals surface area contributed by atoms with Crippen LogP contribution in [0.25, 0.3) is 12.2 Å². The average molecular weight is 493 g/mol. The molecule has 0 aromatic heterocycles. The van der Waals surface area contributed by atoms with Crippen molar-refractivity contribution in [1.29, 1.82) is 0 Å². The zero-order valence-electron chi connectivity index (χ0n) is 21.7. The number of hydrogen-bond donors (Lipinski definition) is 1. The Bertz CT molecular complexity index is 1050. The highest BCUT2D eigenvalue weighted by atomic mass is 16.6. The maximum absolute atomic E-state index is 11.7. The number of aromatic hydroxyl groups is 1. The van der Waals surface area contributed by atoms with Crippen LogP contribution in [0.5, 0.6) is 11.5 Å². The molecule has 36 heavy (non-hydrogen) atoms. The molecule has 1 N–H and O–H groups in total. The number of carbonyl (C=O) groups is 2. The maximum Gasteiger partial charge on any atom is 0.345 e. The Balaban J connectivity index is 0.000000613. The Morgan fingerprint density at radius 3 is 1.75 bits per heavy atom. The van der Waals surface area contributed by atoms with Crippen molar-refractivity contribution in [2.24, 2.45) is 0 Å². The summed E-state index contributed by atoms with van der Waals surface area (Å²) >= 11 is 0. The Hall–Kier alpha value is -4.06. The predicted molar refractivity (Wildman–Crippen MR) is 145 cm³/mol. The van der Waals surface area contributed by atoms with Crippen LogP contribution in [-0.4, -0.2) is 34.9 Å². The van der Waals surface area contributed by atoms with E-state index < -0.39 is 17.2 Å². The molecule has 0 aliphatic carbocycles. The predicted octanol–water partition coefficient (Wildman–Crippen LogP) is 6.52. The summed E-state index contributed by atoms with van der Waals surface area (Å²) in [6.07, 6.45) is 10.5. The van der Waals surface area contributed by atoms with Crippen LogP contribution in [0.1, 0.15) is 45.7 Å². The minimum Gasteiger partial charge on any atom is -0.508 e. The molecule has 6 heteroatoms. The van der Waals surface area contributed by atoms with Crippen molar-refractivity contribution in [2.45, 2.75) is 45.8 Å². The maximum atomic E-state index is 11.7. The number of phenolic OH excluding ortho intramolecular Hbond substituents is 1. The molecule has 0 unspecified atom stereocenters. The van der Waals surface area contributed by atoms with E-state index in [1.54, 1.807) is 44.2 Å². The van der Waals surface area contributed by atoms with Crippen LogP contribution < -0.4 is 4.74 Å². The Morgan fingerprint density at radius 1 is 0.833 bits per heavy atom. The molecule has 2 aromatic carbocycles. The first kappa shape index (κ1) is 30.0. The molecule has 0 spiro atoms. The van der Waals surface area contributed by atoms with Crippen molar-refractivity contribution < 1.29 is 28.9 Å². The molecule has 0 saturated heterocycles. The van der Waals surface area contributed by atoms with E-state index in [1.165, 1.54) is 0 Å². The van der Waals surface area contributed by atoms with E-state index in [0.717, 1.165) is 17.2 Å². The van der Waals surface area contributed by atoms with E-state index in [-0.39, 0.29) is 18.3 Å². The second-order valence-electron chi connectivity index (χ2n) is 9.19. The van der Waals surface area contributed by atoms with Gasteiger partial charge in [-0.2, -0.15) is 0 Å². The Kier molecular flexibility index (Phi) is 12.0. The molecule has 2 rings (SSSR count). The monoisotopic (exact) mass is 492 g/mol. The molecule has 0 atom stereocenters. The van der Waals surface area contributed by atoms with Gasteiger partial charge >= 0.3 is 11.9 Å². The normalized spacial score (nSPS) is 11.4. The van der Waals surface area contributed by atoms with Gasteiger partial charge in [-0.15, -0.1) is 0 Å². The molecule has 0 aliphatic rings. The van der Waals surface area contributed by atoms with Crippen molar-refractivity contribution in [3.8, 4) is 11.5 Å². The van der Waals surface area contributed by atoms with Gasteiger partial charge < -0.3 is 19.3 Å². The fourth-order valence-corrected chi connectivity index (χ4v) is 2.44. The van der Waals surface area contributed by atoms with Gasteiger partial charge in [-0.25, -0.2) is 9.59 Å². The minimum absolute atomic E-state index is 0.151. The molecular formula is C30H36O6. The third-order valence-electron chi connectivity index (χ3n) is 4.26. The van der Waals surface area contributed by atoms with Gasteiger partial charge in [0.1, 0.15) is 22.7 Å². The van der Waals surface area contributed by atoms with Crippen LogP contribution in [0.15, 0.2) is 86.0 Å². The fraction of sp³-hybridized carbons (Fsp3) is 0.267. The number of rotatable bonds is 9. The molecule has 0 amide bonds. The second-order valence-corrected chi connectivity index (χ2v) is 9.19. The molecule has 6 nitrogen and oxygen atoms in total. The van der Waals surface area contributed by atoms with E-state index in [9.17, 15) is 14.7 Å². The van der Waals surface area contributed by atoms with Crippen molar-refractivity contribution in [2.75, 3.05) is 6.61 Å². The van der Waals surface area contributed by atoms with Crippen LogP contribution in [0.4, 0.5) is 0 Å². The first-order valence-electron chi connectivity index (χ1n) is 11.4. The van der Waals surface area contributed by atoms with Crippen LogP contribution >= 0.6 is 0 Å². The van der Waals surface area contributed by atoms with Gasteiger partial charge in [-0.1, -0.05) is 61.7 Å². The fourth-order valence-electron chi connectivity index (χ4n) is 2.44. The number of carbonyl (C=O) groups excluding carboxylic acids is 2. The lowest BCUT2D eigenvalue weighted by Crippen LogP contribution is -2.28. The molecule has 2 aromatic rings. The van der Waals surface area contributed by atoms with Crippen LogP contribution in [0.2, 0.25) is 0 Å². The number of hydrogen-bond acceptors (Lipinski definition) is 6. The molecule has 0 aliphatic heterocycles. The summed E-state index contributed by atoms with van der Waals surface area (Å²) in [5, 5.41) is 9.25. The summed E-state index contributed by atoms with van der Waals surface area (Å²) in [5.74, 6) is 0.0357. The van der Waals surface area contributed by atoms with Crippen molar-refractivity contribution in [3.05, 3.63) is 97.1 Å². The van der Waals surface area contributed by atoms with E-state index in [0.29, 0.717) is 5.75 Å². The van der Waals surface area contributed by atoms with E-state index in [2.05, 4.69) is 13.2 Å². The van der Waals surface area contributed by atoms with Gasteiger partial charge in [0, 0.05) is 6.08 Å². The summed E-state index contributed by atoms with van der Waals surface area (Å²) in [6.45, 7) is 15.7. The van der Waals surface area contributed by atoms with Crippen molar-refractivity contribution >= 4 is 24.1 Å². The zero-order valence-corrected chi connectivity index (χ0v) is 21.7. The Morgan fingerprint density at radius 2 is 1.33 bits per heavy atom. The lowest BCUT2D eigenvalue weighted by atomic mass is 10.1.